The molecule has 0 fully saturated rings. The molecule has 41 heavy (non-hydrogen) atoms. The number of halogens is 1. The first-order valence-corrected chi connectivity index (χ1v) is 14.5. The molecule has 0 radical (unpaired) electrons. The molecule has 0 bridgehead atoms. The van der Waals surface area contributed by atoms with E-state index in [1.54, 1.807) is 7.11 Å². The Labute approximate surface area is 247 Å². The van der Waals surface area contributed by atoms with Gasteiger partial charge in [-0.15, -0.1) is 0 Å². The number of benzene rings is 4. The lowest BCUT2D eigenvalue weighted by Gasteiger charge is -2.37. The third-order valence-electron chi connectivity index (χ3n) is 8.05. The minimum absolute atomic E-state index is 0.266. The zero-order valence-corrected chi connectivity index (χ0v) is 24.7. The minimum atomic E-state index is 0.266. The number of ether oxygens (including phenoxy) is 2. The van der Waals surface area contributed by atoms with Crippen molar-refractivity contribution in [1.29, 1.82) is 0 Å². The fourth-order valence-electron chi connectivity index (χ4n) is 6.22. The van der Waals surface area contributed by atoms with Gasteiger partial charge in [0, 0.05) is 17.8 Å². The first-order chi connectivity index (χ1) is 19.9. The highest BCUT2D eigenvalue weighted by Gasteiger charge is 2.37. The Morgan fingerprint density at radius 2 is 1.71 bits per heavy atom. The zero-order chi connectivity index (χ0) is 28.5. The molecule has 4 nitrogen and oxygen atoms in total. The number of rotatable bonds is 7. The third kappa shape index (κ3) is 5.75. The molecular weight excluding hydrogens is 528 g/mol. The monoisotopic (exact) mass is 562 g/mol. The lowest BCUT2D eigenvalue weighted by molar-refractivity contribution is 0.284. The van der Waals surface area contributed by atoms with Crippen molar-refractivity contribution in [3.05, 3.63) is 129 Å². The van der Waals surface area contributed by atoms with Gasteiger partial charge >= 0.3 is 0 Å². The summed E-state index contributed by atoms with van der Waals surface area (Å²) in [5.41, 5.74) is 10.5. The number of nitrogens with one attached hydrogen (secondary N) is 1. The van der Waals surface area contributed by atoms with E-state index >= 15 is 0 Å². The molecule has 4 aromatic rings. The standard InChI is InChI=1S/C36H35ClN2O2/c1-22-8-13-33-31(17-22)29-6-5-7-30(29)35(39-33)27-9-11-28(12-10-27)38-20-25-18-32(37)36(34(19-25)40-4)41-21-26-15-23(2)14-24(3)16-26/h5-6,8-20,29-30,35,39H,7,21H2,1-4H3/t29-,30+,35-/m0/s1. The largest absolute Gasteiger partial charge is 0.493 e. The van der Waals surface area contributed by atoms with Crippen molar-refractivity contribution in [2.24, 2.45) is 10.9 Å². The van der Waals surface area contributed by atoms with Gasteiger partial charge in [-0.1, -0.05) is 82.9 Å². The van der Waals surface area contributed by atoms with Crippen LogP contribution < -0.4 is 14.8 Å². The average Bonchev–Trinajstić information content (AvgIpc) is 3.45. The van der Waals surface area contributed by atoms with Gasteiger partial charge in [0.05, 0.1) is 23.9 Å². The molecular formula is C36H35ClN2O2. The van der Waals surface area contributed by atoms with Crippen LogP contribution in [0.4, 0.5) is 11.4 Å². The third-order valence-corrected chi connectivity index (χ3v) is 8.33. The van der Waals surface area contributed by atoms with Crippen LogP contribution in [0.3, 0.4) is 0 Å². The van der Waals surface area contributed by atoms with Gasteiger partial charge in [0.25, 0.3) is 0 Å². The predicted octanol–water partition coefficient (Wildman–Crippen LogP) is 9.43. The second kappa shape index (κ2) is 11.5. The summed E-state index contributed by atoms with van der Waals surface area (Å²) in [5.74, 6) is 2.09. The van der Waals surface area contributed by atoms with E-state index in [0.717, 1.165) is 23.2 Å². The maximum absolute atomic E-state index is 6.64. The van der Waals surface area contributed by atoms with Crippen molar-refractivity contribution in [2.75, 3.05) is 12.4 Å². The molecule has 0 aromatic heterocycles. The Morgan fingerprint density at radius 1 is 0.927 bits per heavy atom. The maximum atomic E-state index is 6.64. The number of methoxy groups -OCH3 is 1. The van der Waals surface area contributed by atoms with Gasteiger partial charge in [0.1, 0.15) is 6.61 Å². The minimum Gasteiger partial charge on any atom is -0.493 e. The number of allylic oxidation sites excluding steroid dienone is 2. The van der Waals surface area contributed by atoms with E-state index in [0.29, 0.717) is 35.0 Å². The van der Waals surface area contributed by atoms with Crippen LogP contribution >= 0.6 is 11.6 Å². The second-order valence-corrected chi connectivity index (χ2v) is 11.6. The SMILES string of the molecule is COc1cc(C=Nc2ccc([C@@H]3Nc4ccc(C)cc4[C@H]4C=CC[C@H]43)cc2)cc(Cl)c1OCc1cc(C)cc(C)c1. The van der Waals surface area contributed by atoms with Crippen molar-refractivity contribution >= 4 is 29.2 Å². The molecule has 0 spiro atoms. The van der Waals surface area contributed by atoms with Gasteiger partial charge in [-0.25, -0.2) is 0 Å². The quantitative estimate of drug-likeness (QED) is 0.180. The Kier molecular flexibility index (Phi) is 7.59. The van der Waals surface area contributed by atoms with Gasteiger partial charge < -0.3 is 14.8 Å². The maximum Gasteiger partial charge on any atom is 0.180 e. The summed E-state index contributed by atoms with van der Waals surface area (Å²) in [6, 6.07) is 25.7. The molecule has 0 saturated carbocycles. The van der Waals surface area contributed by atoms with E-state index < -0.39 is 0 Å². The van der Waals surface area contributed by atoms with Gasteiger partial charge in [0.2, 0.25) is 0 Å². The summed E-state index contributed by atoms with van der Waals surface area (Å²) in [7, 11) is 1.62. The topological polar surface area (TPSA) is 42.8 Å². The molecule has 208 valence electrons. The molecule has 5 heteroatoms. The summed E-state index contributed by atoms with van der Waals surface area (Å²) in [6.45, 7) is 6.75. The summed E-state index contributed by atoms with van der Waals surface area (Å²) in [5, 5.41) is 4.31. The van der Waals surface area contributed by atoms with Gasteiger partial charge in [-0.2, -0.15) is 0 Å². The number of aliphatic imine (C=N–C) groups is 1. The van der Waals surface area contributed by atoms with Crippen LogP contribution in [-0.2, 0) is 6.61 Å². The van der Waals surface area contributed by atoms with E-state index in [1.165, 1.54) is 33.5 Å². The Bertz CT molecular complexity index is 1620. The summed E-state index contributed by atoms with van der Waals surface area (Å²) < 4.78 is 11.7. The van der Waals surface area contributed by atoms with E-state index in [1.807, 2.05) is 18.3 Å². The highest BCUT2D eigenvalue weighted by Crippen LogP contribution is 2.50. The average molecular weight is 563 g/mol. The van der Waals surface area contributed by atoms with Crippen LogP contribution in [0.15, 0.2) is 89.9 Å². The first kappa shape index (κ1) is 27.2. The number of anilines is 1. The zero-order valence-electron chi connectivity index (χ0n) is 23.9. The Balaban J connectivity index is 1.17. The Morgan fingerprint density at radius 3 is 2.46 bits per heavy atom. The number of fused-ring (bicyclic) bond motifs is 3. The smallest absolute Gasteiger partial charge is 0.180 e. The van der Waals surface area contributed by atoms with Crippen molar-refractivity contribution in [2.45, 2.75) is 45.8 Å². The Hall–Kier alpha value is -4.02. The van der Waals surface area contributed by atoms with Crippen molar-refractivity contribution in [3.8, 4) is 11.5 Å². The molecule has 1 N–H and O–H groups in total. The predicted molar refractivity (Wildman–Crippen MR) is 169 cm³/mol. The molecule has 4 aromatic carbocycles. The second-order valence-electron chi connectivity index (χ2n) is 11.2. The highest BCUT2D eigenvalue weighted by atomic mass is 35.5. The van der Waals surface area contributed by atoms with Crippen LogP contribution in [0.2, 0.25) is 5.02 Å². The van der Waals surface area contributed by atoms with Crippen LogP contribution in [-0.4, -0.2) is 13.3 Å². The lowest BCUT2D eigenvalue weighted by atomic mass is 9.76. The van der Waals surface area contributed by atoms with Gasteiger partial charge in [-0.05, 0) is 85.7 Å². The number of hydrogen-bond acceptors (Lipinski definition) is 4. The fourth-order valence-corrected chi connectivity index (χ4v) is 6.50. The molecule has 0 saturated heterocycles. The van der Waals surface area contributed by atoms with Crippen LogP contribution in [0, 0.1) is 26.7 Å². The van der Waals surface area contributed by atoms with Crippen molar-refractivity contribution in [3.63, 3.8) is 0 Å². The van der Waals surface area contributed by atoms with E-state index in [-0.39, 0.29) is 6.04 Å². The van der Waals surface area contributed by atoms with Crippen molar-refractivity contribution < 1.29 is 9.47 Å². The fraction of sp³-hybridized carbons (Fsp3) is 0.250. The van der Waals surface area contributed by atoms with E-state index in [2.05, 4.69) is 98.9 Å². The van der Waals surface area contributed by atoms with Gasteiger partial charge in [0.15, 0.2) is 11.5 Å². The number of nitrogens with zero attached hydrogens (tertiary/aromatic N) is 1. The molecule has 1 aliphatic carbocycles. The molecule has 0 amide bonds. The van der Waals surface area contributed by atoms with Crippen molar-refractivity contribution in [1.82, 2.24) is 0 Å². The van der Waals surface area contributed by atoms with Crippen LogP contribution in [0.1, 0.15) is 57.3 Å². The summed E-state index contributed by atoms with van der Waals surface area (Å²) in [6.07, 6.45) is 7.61. The first-order valence-electron chi connectivity index (χ1n) is 14.1. The van der Waals surface area contributed by atoms with E-state index in [4.69, 9.17) is 26.1 Å². The number of aryl methyl sites for hydroxylation is 3. The molecule has 1 heterocycles. The summed E-state index contributed by atoms with van der Waals surface area (Å²) in [4.78, 5) is 4.72. The van der Waals surface area contributed by atoms with E-state index in [9.17, 15) is 0 Å². The molecule has 2 aliphatic rings. The van der Waals surface area contributed by atoms with Crippen LogP contribution in [0.25, 0.3) is 0 Å². The normalized spacial score (nSPS) is 19.1. The molecule has 0 unspecified atom stereocenters. The summed E-state index contributed by atoms with van der Waals surface area (Å²) >= 11 is 6.64. The lowest BCUT2D eigenvalue weighted by Crippen LogP contribution is -2.29. The van der Waals surface area contributed by atoms with Crippen LogP contribution in [0.5, 0.6) is 11.5 Å². The molecule has 3 atom stereocenters. The molecule has 1 aliphatic heterocycles. The number of hydrogen-bond donors (Lipinski definition) is 1. The van der Waals surface area contributed by atoms with Gasteiger partial charge in [-0.3, -0.25) is 4.99 Å². The highest BCUT2D eigenvalue weighted by molar-refractivity contribution is 6.32. The molecule has 6 rings (SSSR count).